The third-order valence-electron chi connectivity index (χ3n) is 5.09. The van der Waals surface area contributed by atoms with E-state index in [1.807, 2.05) is 0 Å². The number of aromatic nitrogens is 2. The monoisotopic (exact) mass is 333 g/mol. The van der Waals surface area contributed by atoms with Gasteiger partial charge in [-0.05, 0) is 50.6 Å². The van der Waals surface area contributed by atoms with Crippen LogP contribution in [0.2, 0.25) is 0 Å². The van der Waals surface area contributed by atoms with Gasteiger partial charge in [-0.15, -0.1) is 0 Å². The van der Waals surface area contributed by atoms with E-state index in [0.717, 1.165) is 75.6 Å². The summed E-state index contributed by atoms with van der Waals surface area (Å²) in [5.74, 6) is 1.21. The summed E-state index contributed by atoms with van der Waals surface area (Å²) < 4.78 is 24.5. The minimum Gasteiger partial charge on any atom is -0.376 e. The molecule has 1 aromatic carbocycles. The number of rotatable bonds is 4. The van der Waals surface area contributed by atoms with E-state index in [1.54, 1.807) is 6.07 Å². The number of nitrogens with zero attached hydrogens (tertiary/aromatic N) is 2. The van der Waals surface area contributed by atoms with E-state index in [-0.39, 0.29) is 11.9 Å². The van der Waals surface area contributed by atoms with Crippen molar-refractivity contribution in [3.8, 4) is 0 Å². The smallest absolute Gasteiger partial charge is 0.125 e. The molecule has 1 N–H and O–H groups in total. The summed E-state index contributed by atoms with van der Waals surface area (Å²) in [6.45, 7) is 5.38. The lowest BCUT2D eigenvalue weighted by molar-refractivity contribution is -0.0930. The molecule has 0 saturated carbocycles. The second-order valence-electron chi connectivity index (χ2n) is 6.76. The van der Waals surface area contributed by atoms with Gasteiger partial charge in [0.1, 0.15) is 11.6 Å². The summed E-state index contributed by atoms with van der Waals surface area (Å²) >= 11 is 0. The molecule has 2 aliphatic heterocycles. The number of hydrogen-bond donors (Lipinski definition) is 1. The summed E-state index contributed by atoms with van der Waals surface area (Å²) in [5, 5.41) is 0. The van der Waals surface area contributed by atoms with Crippen LogP contribution in [0.15, 0.2) is 18.2 Å². The third-order valence-corrected chi connectivity index (χ3v) is 5.09. The van der Waals surface area contributed by atoms with E-state index in [4.69, 9.17) is 9.47 Å². The zero-order valence-electron chi connectivity index (χ0n) is 13.8. The first-order valence-corrected chi connectivity index (χ1v) is 8.85. The van der Waals surface area contributed by atoms with Crippen LogP contribution in [0.3, 0.4) is 0 Å². The molecule has 2 saturated heterocycles. The second-order valence-corrected chi connectivity index (χ2v) is 6.76. The molecule has 3 heterocycles. The zero-order chi connectivity index (χ0) is 16.4. The van der Waals surface area contributed by atoms with Gasteiger partial charge in [0.05, 0.1) is 37.0 Å². The Bertz CT molecular complexity index is 676. The molecule has 130 valence electrons. The predicted molar refractivity (Wildman–Crippen MR) is 89.6 cm³/mol. The molecule has 5 nitrogen and oxygen atoms in total. The van der Waals surface area contributed by atoms with E-state index in [0.29, 0.717) is 5.92 Å². The van der Waals surface area contributed by atoms with Gasteiger partial charge in [-0.25, -0.2) is 9.37 Å². The molecule has 6 heteroatoms. The van der Waals surface area contributed by atoms with Crippen molar-refractivity contribution in [2.45, 2.75) is 31.3 Å². The minimum absolute atomic E-state index is 0.221. The van der Waals surface area contributed by atoms with Crippen LogP contribution in [0.5, 0.6) is 0 Å². The van der Waals surface area contributed by atoms with Gasteiger partial charge < -0.3 is 19.4 Å². The van der Waals surface area contributed by atoms with Crippen LogP contribution in [-0.2, 0) is 9.47 Å². The lowest BCUT2D eigenvalue weighted by Crippen LogP contribution is -2.37. The predicted octanol–water partition coefficient (Wildman–Crippen LogP) is 2.69. The molecule has 0 spiro atoms. The summed E-state index contributed by atoms with van der Waals surface area (Å²) in [7, 11) is 0. The maximum absolute atomic E-state index is 13.3. The van der Waals surface area contributed by atoms with Gasteiger partial charge >= 0.3 is 0 Å². The number of nitrogens with one attached hydrogen (secondary N) is 1. The van der Waals surface area contributed by atoms with Crippen molar-refractivity contribution in [3.63, 3.8) is 0 Å². The van der Waals surface area contributed by atoms with Crippen LogP contribution in [0.25, 0.3) is 11.0 Å². The van der Waals surface area contributed by atoms with Crippen molar-refractivity contribution in [2.24, 2.45) is 0 Å². The normalized spacial score (nSPS) is 23.8. The molecule has 1 atom stereocenters. The van der Waals surface area contributed by atoms with E-state index >= 15 is 0 Å². The van der Waals surface area contributed by atoms with Crippen molar-refractivity contribution in [1.29, 1.82) is 0 Å². The molecule has 24 heavy (non-hydrogen) atoms. The Labute approximate surface area is 141 Å². The molecule has 0 bridgehead atoms. The number of imidazole rings is 1. The van der Waals surface area contributed by atoms with E-state index in [2.05, 4.69) is 14.9 Å². The number of aromatic amines is 1. The molecular weight excluding hydrogens is 309 g/mol. The van der Waals surface area contributed by atoms with Crippen molar-refractivity contribution in [2.75, 3.05) is 39.5 Å². The molecular formula is C18H24FN3O2. The largest absolute Gasteiger partial charge is 0.376 e. The summed E-state index contributed by atoms with van der Waals surface area (Å²) in [4.78, 5) is 10.4. The van der Waals surface area contributed by atoms with E-state index < -0.39 is 0 Å². The van der Waals surface area contributed by atoms with E-state index in [1.165, 1.54) is 12.1 Å². The molecule has 1 aromatic heterocycles. The maximum atomic E-state index is 13.3. The molecule has 2 aromatic rings. The minimum atomic E-state index is -0.221. The van der Waals surface area contributed by atoms with Gasteiger partial charge in [-0.3, -0.25) is 0 Å². The number of benzene rings is 1. The molecule has 0 amide bonds. The Morgan fingerprint density at radius 1 is 1.25 bits per heavy atom. The van der Waals surface area contributed by atoms with Crippen LogP contribution in [0.1, 0.15) is 31.0 Å². The Balaban J connectivity index is 1.30. The summed E-state index contributed by atoms with van der Waals surface area (Å²) in [6, 6.07) is 4.73. The highest BCUT2D eigenvalue weighted by Gasteiger charge is 2.24. The van der Waals surface area contributed by atoms with Crippen molar-refractivity contribution >= 4 is 11.0 Å². The molecule has 1 unspecified atom stereocenters. The van der Waals surface area contributed by atoms with Gasteiger partial charge in [-0.1, -0.05) is 0 Å². The summed E-state index contributed by atoms with van der Waals surface area (Å²) in [6.07, 6.45) is 3.46. The highest BCUT2D eigenvalue weighted by molar-refractivity contribution is 5.75. The van der Waals surface area contributed by atoms with Crippen LogP contribution < -0.4 is 0 Å². The first-order valence-electron chi connectivity index (χ1n) is 8.85. The quantitative estimate of drug-likeness (QED) is 0.935. The number of ether oxygens (including phenoxy) is 2. The van der Waals surface area contributed by atoms with Gasteiger partial charge in [-0.2, -0.15) is 0 Å². The second kappa shape index (κ2) is 7.17. The number of hydrogen-bond acceptors (Lipinski definition) is 4. The highest BCUT2D eigenvalue weighted by atomic mass is 19.1. The number of H-pyrrole nitrogens is 1. The van der Waals surface area contributed by atoms with Gasteiger partial charge in [0.15, 0.2) is 0 Å². The SMILES string of the molecule is Fc1ccc2nc(C3CCN(CCC4COCCO4)CC3)[nH]c2c1. The van der Waals surface area contributed by atoms with Crippen molar-refractivity contribution in [3.05, 3.63) is 29.8 Å². The zero-order valence-corrected chi connectivity index (χ0v) is 13.8. The average Bonchev–Trinajstić information content (AvgIpc) is 3.04. The topological polar surface area (TPSA) is 50.4 Å². The van der Waals surface area contributed by atoms with Crippen LogP contribution in [0.4, 0.5) is 4.39 Å². The Kier molecular flexibility index (Phi) is 4.78. The highest BCUT2D eigenvalue weighted by Crippen LogP contribution is 2.28. The fourth-order valence-corrected chi connectivity index (χ4v) is 3.65. The Morgan fingerprint density at radius 3 is 2.92 bits per heavy atom. The first kappa shape index (κ1) is 16.0. The standard InChI is InChI=1S/C18H24FN3O2/c19-14-1-2-16-17(11-14)21-18(20-16)13-3-6-22(7-4-13)8-5-15-12-23-9-10-24-15/h1-2,11,13,15H,3-10,12H2,(H,20,21). The van der Waals surface area contributed by atoms with Gasteiger partial charge in [0.2, 0.25) is 0 Å². The number of piperidine rings is 1. The lowest BCUT2D eigenvalue weighted by atomic mass is 9.96. The van der Waals surface area contributed by atoms with Gasteiger partial charge in [0, 0.05) is 12.5 Å². The fourth-order valence-electron chi connectivity index (χ4n) is 3.65. The summed E-state index contributed by atoms with van der Waals surface area (Å²) in [5.41, 5.74) is 1.64. The Morgan fingerprint density at radius 2 is 2.12 bits per heavy atom. The number of halogens is 1. The lowest BCUT2D eigenvalue weighted by Gasteiger charge is -2.32. The molecule has 2 fully saturated rings. The molecule has 2 aliphatic rings. The van der Waals surface area contributed by atoms with Gasteiger partial charge in [0.25, 0.3) is 0 Å². The third kappa shape index (κ3) is 3.61. The van der Waals surface area contributed by atoms with Crippen LogP contribution >= 0.6 is 0 Å². The average molecular weight is 333 g/mol. The molecule has 4 rings (SSSR count). The molecule has 0 radical (unpaired) electrons. The number of fused-ring (bicyclic) bond motifs is 1. The fraction of sp³-hybridized carbons (Fsp3) is 0.611. The maximum Gasteiger partial charge on any atom is 0.125 e. The number of likely N-dealkylation sites (tertiary alicyclic amines) is 1. The van der Waals surface area contributed by atoms with E-state index in [9.17, 15) is 4.39 Å². The van der Waals surface area contributed by atoms with Crippen molar-refractivity contribution in [1.82, 2.24) is 14.9 Å². The first-order chi connectivity index (χ1) is 11.8. The van der Waals surface area contributed by atoms with Crippen molar-refractivity contribution < 1.29 is 13.9 Å². The van der Waals surface area contributed by atoms with Crippen LogP contribution in [-0.4, -0.2) is 60.4 Å². The Hall–Kier alpha value is -1.50. The van der Waals surface area contributed by atoms with Crippen LogP contribution in [0, 0.1) is 5.82 Å². The molecule has 0 aliphatic carbocycles.